The number of aliphatic imine (C=N–C) groups is 1. The third kappa shape index (κ3) is 11.8. The Hall–Kier alpha value is -4.21. The first kappa shape index (κ1) is 40.0. The van der Waals surface area contributed by atoms with E-state index < -0.39 is 84.1 Å². The largest absolute Gasteiger partial charge is 0.345 e. The van der Waals surface area contributed by atoms with Gasteiger partial charge in [0.25, 0.3) is 5.91 Å². The summed E-state index contributed by atoms with van der Waals surface area (Å²) < 4.78 is 0. The monoisotopic (exact) mass is 676 g/mol. The van der Waals surface area contributed by atoms with Crippen molar-refractivity contribution in [3.63, 3.8) is 0 Å². The first-order chi connectivity index (χ1) is 22.6. The predicted molar refractivity (Wildman–Crippen MR) is 176 cm³/mol. The van der Waals surface area contributed by atoms with Gasteiger partial charge >= 0.3 is 0 Å². The maximum Gasteiger partial charge on any atom is 0.268 e. The second-order valence-corrected chi connectivity index (χ2v) is 13.3. The molecule has 6 N–H and O–H groups in total. The average Bonchev–Trinajstić information content (AvgIpc) is 3.71. The lowest BCUT2D eigenvalue weighted by Crippen LogP contribution is -2.57. The fourth-order valence-electron chi connectivity index (χ4n) is 5.81. The minimum atomic E-state index is -1.07. The van der Waals surface area contributed by atoms with Crippen LogP contribution in [0.25, 0.3) is 0 Å². The van der Waals surface area contributed by atoms with E-state index in [1.165, 1.54) is 23.6 Å². The number of amides is 7. The zero-order valence-corrected chi connectivity index (χ0v) is 28.8. The van der Waals surface area contributed by atoms with E-state index >= 15 is 0 Å². The molecule has 48 heavy (non-hydrogen) atoms. The number of nitrogens with zero attached hydrogens (tertiary/aromatic N) is 3. The molecule has 0 radical (unpaired) electrons. The van der Waals surface area contributed by atoms with Gasteiger partial charge < -0.3 is 36.8 Å². The summed E-state index contributed by atoms with van der Waals surface area (Å²) in [6, 6.07) is -5.36. The number of aldehydes is 1. The van der Waals surface area contributed by atoms with Crippen molar-refractivity contribution in [2.75, 3.05) is 19.6 Å². The number of nitrogens with two attached hydrogens (primary N) is 1. The van der Waals surface area contributed by atoms with E-state index in [4.69, 9.17) is 5.73 Å². The molecule has 0 aromatic rings. The normalized spacial score (nSPS) is 20.3. The van der Waals surface area contributed by atoms with Gasteiger partial charge in [-0.2, -0.15) is 0 Å². The molecule has 0 bridgehead atoms. The molecule has 0 aliphatic carbocycles. The van der Waals surface area contributed by atoms with Crippen molar-refractivity contribution in [1.29, 1.82) is 0 Å². The minimum Gasteiger partial charge on any atom is -0.345 e. The molecule has 2 rings (SSSR count). The topological polar surface area (TPSA) is 230 Å². The quantitative estimate of drug-likeness (QED) is 0.0975. The maximum atomic E-state index is 13.5. The standard InChI is InChI=1S/C32H52N8O8/c1-18(2)15-22(37-27(43)20(5)33)31(47)40-13-8-10-25(40)30(46)35-17-26(42)36-21(6)28(44)38-23(16-19(3)4)32(48)39-12-7-9-24(39)29(45)34-11-14-41/h11,14,18-25H,7-10,12-13,15-17,33H2,1-6H3,(H,35,46)(H,36,42)(H,37,43)(H,38,44)/t20-,21-,22-,23-,24-,25-/m0/s1. The van der Waals surface area contributed by atoms with Crippen molar-refractivity contribution in [2.24, 2.45) is 22.6 Å². The van der Waals surface area contributed by atoms with E-state index in [1.54, 1.807) is 0 Å². The smallest absolute Gasteiger partial charge is 0.268 e. The van der Waals surface area contributed by atoms with E-state index in [1.807, 2.05) is 27.7 Å². The van der Waals surface area contributed by atoms with Crippen LogP contribution in [-0.2, 0) is 38.4 Å². The summed E-state index contributed by atoms with van der Waals surface area (Å²) in [7, 11) is 0. The molecule has 2 heterocycles. The lowest BCUT2D eigenvalue weighted by atomic mass is 10.0. The van der Waals surface area contributed by atoms with Gasteiger partial charge in [-0.3, -0.25) is 38.4 Å². The number of hydrogen-bond donors (Lipinski definition) is 5. The Balaban J connectivity index is 1.98. The van der Waals surface area contributed by atoms with E-state index in [0.717, 1.165) is 6.21 Å². The Morgan fingerprint density at radius 3 is 1.77 bits per heavy atom. The van der Waals surface area contributed by atoms with Gasteiger partial charge in [0.15, 0.2) is 6.29 Å². The number of carbonyl (C=O) groups is 8. The highest BCUT2D eigenvalue weighted by molar-refractivity contribution is 6.16. The third-order valence-electron chi connectivity index (χ3n) is 8.17. The van der Waals surface area contributed by atoms with Crippen LogP contribution in [0.15, 0.2) is 4.99 Å². The lowest BCUT2D eigenvalue weighted by Gasteiger charge is -2.30. The highest BCUT2D eigenvalue weighted by atomic mass is 16.2. The zero-order chi connectivity index (χ0) is 36.1. The molecule has 2 aliphatic heterocycles. The summed E-state index contributed by atoms with van der Waals surface area (Å²) in [5, 5.41) is 10.4. The second-order valence-electron chi connectivity index (χ2n) is 13.3. The van der Waals surface area contributed by atoms with Gasteiger partial charge in [-0.25, -0.2) is 4.99 Å². The Labute approximate surface area is 281 Å². The number of carbonyl (C=O) groups excluding carboxylic acids is 8. The van der Waals surface area contributed by atoms with Gasteiger partial charge in [-0.1, -0.05) is 27.7 Å². The highest BCUT2D eigenvalue weighted by Gasteiger charge is 2.39. The van der Waals surface area contributed by atoms with Crippen LogP contribution in [0.4, 0.5) is 0 Å². The zero-order valence-electron chi connectivity index (χ0n) is 28.8. The molecule has 2 fully saturated rings. The summed E-state index contributed by atoms with van der Waals surface area (Å²) in [6.07, 6.45) is 3.75. The first-order valence-corrected chi connectivity index (χ1v) is 16.6. The van der Waals surface area contributed by atoms with Gasteiger partial charge in [0, 0.05) is 13.1 Å². The molecule has 16 heteroatoms. The molecule has 0 aromatic heterocycles. The van der Waals surface area contributed by atoms with Crippen LogP contribution >= 0.6 is 0 Å². The molecule has 16 nitrogen and oxygen atoms in total. The van der Waals surface area contributed by atoms with Crippen LogP contribution in [0.3, 0.4) is 0 Å². The van der Waals surface area contributed by atoms with Crippen molar-refractivity contribution in [3.8, 4) is 0 Å². The molecule has 0 saturated carbocycles. The SMILES string of the molecule is CC(C)C[C@H](NC(=O)[C@H](C)NC(=O)CNC(=O)[C@@H]1CCCN1C(=O)[C@H](CC(C)C)NC(=O)[C@H](C)N)C(=O)N1CCC[C@H]1C(=O)N=CC=O. The fourth-order valence-corrected chi connectivity index (χ4v) is 5.81. The molecule has 2 aliphatic rings. The average molecular weight is 677 g/mol. The fraction of sp³-hybridized carbons (Fsp3) is 0.719. The maximum absolute atomic E-state index is 13.5. The Bertz CT molecular complexity index is 1240. The van der Waals surface area contributed by atoms with Gasteiger partial charge in [0.2, 0.25) is 35.4 Å². The molecule has 2 saturated heterocycles. The summed E-state index contributed by atoms with van der Waals surface area (Å²) in [6.45, 7) is 10.7. The summed E-state index contributed by atoms with van der Waals surface area (Å²) >= 11 is 0. The van der Waals surface area contributed by atoms with Gasteiger partial charge in [-0.15, -0.1) is 0 Å². The van der Waals surface area contributed by atoms with Crippen molar-refractivity contribution < 1.29 is 38.4 Å². The van der Waals surface area contributed by atoms with Crippen LogP contribution in [-0.4, -0.2) is 120 Å². The van der Waals surface area contributed by atoms with Gasteiger partial charge in [0.1, 0.15) is 30.2 Å². The number of nitrogens with one attached hydrogen (secondary N) is 4. The molecule has 268 valence electrons. The Morgan fingerprint density at radius 2 is 1.27 bits per heavy atom. The van der Waals surface area contributed by atoms with Crippen LogP contribution in [0, 0.1) is 11.8 Å². The third-order valence-corrected chi connectivity index (χ3v) is 8.17. The van der Waals surface area contributed by atoms with Crippen LogP contribution < -0.4 is 27.0 Å². The molecular formula is C32H52N8O8. The van der Waals surface area contributed by atoms with Crippen LogP contribution in [0.1, 0.15) is 80.1 Å². The molecule has 7 amide bonds. The lowest BCUT2D eigenvalue weighted by molar-refractivity contribution is -0.142. The van der Waals surface area contributed by atoms with E-state index in [-0.39, 0.29) is 18.3 Å². The molecule has 0 spiro atoms. The molecule has 0 aromatic carbocycles. The molecule has 6 atom stereocenters. The molecular weight excluding hydrogens is 624 g/mol. The summed E-state index contributed by atoms with van der Waals surface area (Å²) in [5.41, 5.74) is 5.67. The van der Waals surface area contributed by atoms with Gasteiger partial charge in [-0.05, 0) is 64.2 Å². The van der Waals surface area contributed by atoms with Crippen molar-refractivity contribution in [3.05, 3.63) is 0 Å². The van der Waals surface area contributed by atoms with E-state index in [0.29, 0.717) is 51.5 Å². The minimum absolute atomic E-state index is 0.00683. The van der Waals surface area contributed by atoms with Crippen molar-refractivity contribution >= 4 is 53.9 Å². The highest BCUT2D eigenvalue weighted by Crippen LogP contribution is 2.22. The first-order valence-electron chi connectivity index (χ1n) is 16.6. The van der Waals surface area contributed by atoms with Crippen molar-refractivity contribution in [2.45, 2.75) is 116 Å². The van der Waals surface area contributed by atoms with E-state index in [2.05, 4.69) is 26.3 Å². The molecule has 0 unspecified atom stereocenters. The Morgan fingerprint density at radius 1 is 0.771 bits per heavy atom. The number of hydrogen-bond acceptors (Lipinski definition) is 9. The van der Waals surface area contributed by atoms with Crippen LogP contribution in [0.5, 0.6) is 0 Å². The number of rotatable bonds is 16. The Kier molecular flexibility index (Phi) is 15.8. The second kappa shape index (κ2) is 19.0. The predicted octanol–water partition coefficient (Wildman–Crippen LogP) is -1.21. The van der Waals surface area contributed by atoms with Crippen molar-refractivity contribution in [1.82, 2.24) is 31.1 Å². The summed E-state index contributed by atoms with van der Waals surface area (Å²) in [4.78, 5) is 107. The summed E-state index contributed by atoms with van der Waals surface area (Å²) in [5.74, 6) is -3.67. The van der Waals surface area contributed by atoms with E-state index in [9.17, 15) is 38.4 Å². The number of likely N-dealkylation sites (tertiary alicyclic amines) is 2. The van der Waals surface area contributed by atoms with Crippen LogP contribution in [0.2, 0.25) is 0 Å². The van der Waals surface area contributed by atoms with Gasteiger partial charge in [0.05, 0.1) is 18.8 Å².